The molecule has 0 fully saturated rings. The zero-order chi connectivity index (χ0) is 13.1. The molecule has 0 aliphatic heterocycles. The largest absolute Gasteiger partial charge is 0.395 e. The molecule has 1 aromatic carbocycles. The number of carbonyl (C=O) groups is 1. The van der Waals surface area contributed by atoms with E-state index in [1.165, 1.54) is 23.5 Å². The summed E-state index contributed by atoms with van der Waals surface area (Å²) >= 11 is 1.34. The van der Waals surface area contributed by atoms with E-state index in [1.807, 2.05) is 6.92 Å². The molecular weight excluding hydrogens is 253 g/mol. The molecule has 1 amide bonds. The summed E-state index contributed by atoms with van der Waals surface area (Å²) in [7, 11) is 0. The Balaban J connectivity index is 2.32. The molecule has 0 radical (unpaired) electrons. The van der Waals surface area contributed by atoms with E-state index in [1.54, 1.807) is 17.0 Å². The van der Waals surface area contributed by atoms with Gasteiger partial charge in [0.15, 0.2) is 0 Å². The van der Waals surface area contributed by atoms with E-state index in [0.29, 0.717) is 18.0 Å². The van der Waals surface area contributed by atoms with Crippen LogP contribution in [-0.4, -0.2) is 35.6 Å². The predicted octanol–water partition coefficient (Wildman–Crippen LogP) is 2.49. The number of rotatable bonds is 4. The molecule has 0 aliphatic rings. The van der Waals surface area contributed by atoms with Crippen LogP contribution in [0.3, 0.4) is 0 Å². The summed E-state index contributed by atoms with van der Waals surface area (Å²) in [6.45, 7) is 2.67. The number of hydrogen-bond donors (Lipinski definition) is 1. The van der Waals surface area contributed by atoms with Crippen molar-refractivity contribution in [2.75, 3.05) is 19.7 Å². The second kappa shape index (κ2) is 5.46. The summed E-state index contributed by atoms with van der Waals surface area (Å²) < 4.78 is 14.0. The van der Waals surface area contributed by atoms with Gasteiger partial charge in [0.2, 0.25) is 0 Å². The molecule has 3 nitrogen and oxygen atoms in total. The molecule has 18 heavy (non-hydrogen) atoms. The van der Waals surface area contributed by atoms with Crippen LogP contribution in [0.5, 0.6) is 0 Å². The number of aliphatic hydroxyl groups is 1. The Morgan fingerprint density at radius 3 is 2.89 bits per heavy atom. The zero-order valence-corrected chi connectivity index (χ0v) is 10.8. The number of carbonyl (C=O) groups excluding carboxylic acids is 1. The summed E-state index contributed by atoms with van der Waals surface area (Å²) in [5.74, 6) is -0.421. The third-order valence-corrected chi connectivity index (χ3v) is 3.83. The first kappa shape index (κ1) is 13.0. The SMILES string of the molecule is CCN(CCO)C(=O)c1cc2cc(F)ccc2s1. The standard InChI is InChI=1S/C13H14FNO2S/c1-2-15(5-6-16)13(17)12-8-9-7-10(14)3-4-11(9)18-12/h3-4,7-8,16H,2,5-6H2,1H3. The molecule has 1 heterocycles. The lowest BCUT2D eigenvalue weighted by Crippen LogP contribution is -2.32. The van der Waals surface area contributed by atoms with Gasteiger partial charge in [-0.05, 0) is 36.6 Å². The van der Waals surface area contributed by atoms with E-state index < -0.39 is 0 Å². The van der Waals surface area contributed by atoms with Crippen molar-refractivity contribution in [1.29, 1.82) is 0 Å². The predicted molar refractivity (Wildman–Crippen MR) is 70.4 cm³/mol. The van der Waals surface area contributed by atoms with Crippen molar-refractivity contribution < 1.29 is 14.3 Å². The quantitative estimate of drug-likeness (QED) is 0.924. The number of halogens is 1. The number of aliphatic hydroxyl groups excluding tert-OH is 1. The Labute approximate surface area is 108 Å². The summed E-state index contributed by atoms with van der Waals surface area (Å²) in [4.78, 5) is 14.3. The van der Waals surface area contributed by atoms with E-state index in [2.05, 4.69) is 0 Å². The summed E-state index contributed by atoms with van der Waals surface area (Å²) in [6.07, 6.45) is 0. The van der Waals surface area contributed by atoms with Gasteiger partial charge >= 0.3 is 0 Å². The van der Waals surface area contributed by atoms with Gasteiger partial charge in [-0.3, -0.25) is 4.79 Å². The minimum atomic E-state index is -0.304. The normalized spacial score (nSPS) is 10.8. The molecule has 0 unspecified atom stereocenters. The van der Waals surface area contributed by atoms with Gasteiger partial charge in [0.25, 0.3) is 5.91 Å². The highest BCUT2D eigenvalue weighted by molar-refractivity contribution is 7.20. The van der Waals surface area contributed by atoms with Gasteiger partial charge in [0.05, 0.1) is 11.5 Å². The average Bonchev–Trinajstić information content (AvgIpc) is 2.77. The Morgan fingerprint density at radius 2 is 2.22 bits per heavy atom. The molecule has 96 valence electrons. The van der Waals surface area contributed by atoms with E-state index in [4.69, 9.17) is 5.11 Å². The van der Waals surface area contributed by atoms with E-state index in [0.717, 1.165) is 10.1 Å². The monoisotopic (exact) mass is 267 g/mol. The Morgan fingerprint density at radius 1 is 1.44 bits per heavy atom. The minimum absolute atomic E-state index is 0.0564. The molecule has 0 bridgehead atoms. The van der Waals surface area contributed by atoms with Crippen molar-refractivity contribution in [3.8, 4) is 0 Å². The highest BCUT2D eigenvalue weighted by Gasteiger charge is 2.16. The van der Waals surface area contributed by atoms with Crippen molar-refractivity contribution in [3.63, 3.8) is 0 Å². The third kappa shape index (κ3) is 2.52. The van der Waals surface area contributed by atoms with Crippen LogP contribution in [0.15, 0.2) is 24.3 Å². The van der Waals surface area contributed by atoms with Crippen LogP contribution in [0.25, 0.3) is 10.1 Å². The summed E-state index contributed by atoms with van der Waals surface area (Å²) in [6, 6.07) is 6.18. The van der Waals surface area contributed by atoms with Crippen LogP contribution >= 0.6 is 11.3 Å². The lowest BCUT2D eigenvalue weighted by Gasteiger charge is -2.18. The van der Waals surface area contributed by atoms with E-state index in [9.17, 15) is 9.18 Å². The van der Waals surface area contributed by atoms with Gasteiger partial charge in [0.1, 0.15) is 5.82 Å². The van der Waals surface area contributed by atoms with E-state index >= 15 is 0 Å². The lowest BCUT2D eigenvalue weighted by atomic mass is 10.2. The number of fused-ring (bicyclic) bond motifs is 1. The maximum Gasteiger partial charge on any atom is 0.264 e. The van der Waals surface area contributed by atoms with Gasteiger partial charge in [-0.25, -0.2) is 4.39 Å². The number of nitrogens with zero attached hydrogens (tertiary/aromatic N) is 1. The molecule has 2 aromatic rings. The van der Waals surface area contributed by atoms with Gasteiger partial charge in [-0.15, -0.1) is 11.3 Å². The van der Waals surface area contributed by atoms with Crippen LogP contribution in [0.4, 0.5) is 4.39 Å². The van der Waals surface area contributed by atoms with Crippen LogP contribution in [0.1, 0.15) is 16.6 Å². The van der Waals surface area contributed by atoms with Gasteiger partial charge < -0.3 is 10.0 Å². The van der Waals surface area contributed by atoms with Crippen molar-refractivity contribution in [1.82, 2.24) is 4.90 Å². The molecule has 0 saturated heterocycles. The second-order valence-electron chi connectivity index (χ2n) is 3.90. The fourth-order valence-corrected chi connectivity index (χ4v) is 2.81. The van der Waals surface area contributed by atoms with Crippen LogP contribution in [0.2, 0.25) is 0 Å². The second-order valence-corrected chi connectivity index (χ2v) is 4.99. The number of thiophene rings is 1. The summed E-state index contributed by atoms with van der Waals surface area (Å²) in [5.41, 5.74) is 0. The van der Waals surface area contributed by atoms with Crippen molar-refractivity contribution in [2.24, 2.45) is 0 Å². The number of amides is 1. The first-order valence-corrected chi connectivity index (χ1v) is 6.56. The van der Waals surface area contributed by atoms with Crippen molar-refractivity contribution >= 4 is 27.3 Å². The molecule has 0 atom stereocenters. The van der Waals surface area contributed by atoms with Crippen LogP contribution < -0.4 is 0 Å². The first-order valence-electron chi connectivity index (χ1n) is 5.75. The summed E-state index contributed by atoms with van der Waals surface area (Å²) in [5, 5.41) is 9.64. The molecule has 1 N–H and O–H groups in total. The molecule has 0 aliphatic carbocycles. The lowest BCUT2D eigenvalue weighted by molar-refractivity contribution is 0.0737. The van der Waals surface area contributed by atoms with Crippen molar-refractivity contribution in [3.05, 3.63) is 35.0 Å². The average molecular weight is 267 g/mol. The third-order valence-electron chi connectivity index (χ3n) is 2.73. The zero-order valence-electron chi connectivity index (χ0n) is 10.0. The van der Waals surface area contributed by atoms with Gasteiger partial charge in [0, 0.05) is 17.8 Å². The molecule has 0 saturated carbocycles. The highest BCUT2D eigenvalue weighted by atomic mass is 32.1. The number of hydrogen-bond acceptors (Lipinski definition) is 3. The minimum Gasteiger partial charge on any atom is -0.395 e. The highest BCUT2D eigenvalue weighted by Crippen LogP contribution is 2.27. The maximum atomic E-state index is 13.1. The molecule has 0 spiro atoms. The van der Waals surface area contributed by atoms with Gasteiger partial charge in [-0.2, -0.15) is 0 Å². The van der Waals surface area contributed by atoms with Gasteiger partial charge in [-0.1, -0.05) is 0 Å². The van der Waals surface area contributed by atoms with Crippen molar-refractivity contribution in [2.45, 2.75) is 6.92 Å². The number of likely N-dealkylation sites (N-methyl/N-ethyl adjacent to an activating group) is 1. The number of benzene rings is 1. The fourth-order valence-electron chi connectivity index (χ4n) is 1.80. The molecular formula is C13H14FNO2S. The van der Waals surface area contributed by atoms with Crippen LogP contribution in [-0.2, 0) is 0 Å². The molecule has 2 rings (SSSR count). The molecule has 1 aromatic heterocycles. The molecule has 5 heteroatoms. The van der Waals surface area contributed by atoms with E-state index in [-0.39, 0.29) is 18.3 Å². The Kier molecular flexibility index (Phi) is 3.93. The topological polar surface area (TPSA) is 40.5 Å². The Bertz CT molecular complexity index is 567. The maximum absolute atomic E-state index is 13.1. The van der Waals surface area contributed by atoms with Crippen LogP contribution in [0, 0.1) is 5.82 Å². The Hall–Kier alpha value is -1.46. The first-order chi connectivity index (χ1) is 8.65. The fraction of sp³-hybridized carbons (Fsp3) is 0.308. The smallest absolute Gasteiger partial charge is 0.264 e.